The summed E-state index contributed by atoms with van der Waals surface area (Å²) in [5.74, 6) is -0.431. The SMILES string of the molecule is CC(C)n1nccc1NC(=O)[C@H](C)OC(=O)/C=C/c1cccc(Br)c1. The monoisotopic (exact) mass is 405 g/mol. The standard InChI is InChI=1S/C18H20BrN3O3/c1-12(2)22-16(9-10-20-22)21-18(24)13(3)25-17(23)8-7-14-5-4-6-15(19)11-14/h4-13H,1-3H3,(H,21,24)/b8-7+/t13-/m0/s1. The van der Waals surface area contributed by atoms with Gasteiger partial charge < -0.3 is 10.1 Å². The maximum Gasteiger partial charge on any atom is 0.331 e. The van der Waals surface area contributed by atoms with E-state index in [1.807, 2.05) is 38.1 Å². The molecule has 0 radical (unpaired) electrons. The molecule has 0 fully saturated rings. The smallest absolute Gasteiger partial charge is 0.331 e. The van der Waals surface area contributed by atoms with Crippen molar-refractivity contribution in [3.05, 3.63) is 52.6 Å². The second kappa shape index (κ2) is 8.62. The molecule has 0 saturated carbocycles. The zero-order valence-electron chi connectivity index (χ0n) is 14.3. The van der Waals surface area contributed by atoms with E-state index in [1.165, 1.54) is 13.0 Å². The molecule has 132 valence electrons. The minimum absolute atomic E-state index is 0.108. The summed E-state index contributed by atoms with van der Waals surface area (Å²) in [5, 5.41) is 6.85. The largest absolute Gasteiger partial charge is 0.449 e. The number of rotatable bonds is 6. The molecule has 0 aliphatic heterocycles. The Bertz CT molecular complexity index is 783. The Morgan fingerprint density at radius 3 is 2.72 bits per heavy atom. The van der Waals surface area contributed by atoms with Crippen LogP contribution in [0.4, 0.5) is 5.82 Å². The molecule has 0 spiro atoms. The highest BCUT2D eigenvalue weighted by molar-refractivity contribution is 9.10. The molecule has 1 amide bonds. The van der Waals surface area contributed by atoms with E-state index in [9.17, 15) is 9.59 Å². The lowest BCUT2D eigenvalue weighted by molar-refractivity contribution is -0.148. The average molecular weight is 406 g/mol. The molecule has 0 unspecified atom stereocenters. The van der Waals surface area contributed by atoms with Gasteiger partial charge in [0.1, 0.15) is 5.82 Å². The van der Waals surface area contributed by atoms with Gasteiger partial charge in [0.25, 0.3) is 5.91 Å². The van der Waals surface area contributed by atoms with Gasteiger partial charge in [0.15, 0.2) is 6.10 Å². The Hall–Kier alpha value is -2.41. The van der Waals surface area contributed by atoms with Crippen LogP contribution in [-0.4, -0.2) is 27.8 Å². The number of carbonyl (C=O) groups is 2. The topological polar surface area (TPSA) is 73.2 Å². The summed E-state index contributed by atoms with van der Waals surface area (Å²) in [5.41, 5.74) is 0.851. The van der Waals surface area contributed by atoms with Gasteiger partial charge >= 0.3 is 5.97 Å². The summed E-state index contributed by atoms with van der Waals surface area (Å²) in [6.45, 7) is 5.44. The van der Waals surface area contributed by atoms with Gasteiger partial charge in [-0.2, -0.15) is 5.10 Å². The van der Waals surface area contributed by atoms with Crippen LogP contribution in [0.1, 0.15) is 32.4 Å². The maximum absolute atomic E-state index is 12.2. The molecule has 6 nitrogen and oxygen atoms in total. The minimum atomic E-state index is -0.921. The molecule has 1 aromatic carbocycles. The molecule has 0 aliphatic carbocycles. The number of esters is 1. The van der Waals surface area contributed by atoms with E-state index in [-0.39, 0.29) is 6.04 Å². The number of nitrogens with one attached hydrogen (secondary N) is 1. The molecule has 0 saturated heterocycles. The zero-order chi connectivity index (χ0) is 18.4. The number of anilines is 1. The first kappa shape index (κ1) is 18.9. The van der Waals surface area contributed by atoms with E-state index in [0.29, 0.717) is 5.82 Å². The Morgan fingerprint density at radius 1 is 1.28 bits per heavy atom. The molecule has 0 aliphatic rings. The van der Waals surface area contributed by atoms with Crippen LogP contribution in [0.3, 0.4) is 0 Å². The molecule has 2 aromatic rings. The third-order valence-corrected chi connectivity index (χ3v) is 3.83. The molecule has 7 heteroatoms. The van der Waals surface area contributed by atoms with E-state index in [1.54, 1.807) is 23.0 Å². The van der Waals surface area contributed by atoms with Crippen LogP contribution in [0.2, 0.25) is 0 Å². The Kier molecular flexibility index (Phi) is 6.52. The van der Waals surface area contributed by atoms with Gasteiger partial charge in [0, 0.05) is 22.7 Å². The van der Waals surface area contributed by atoms with Gasteiger partial charge in [-0.25, -0.2) is 9.48 Å². The molecule has 1 aromatic heterocycles. The van der Waals surface area contributed by atoms with Gasteiger partial charge in [-0.15, -0.1) is 0 Å². The van der Waals surface area contributed by atoms with Crippen molar-refractivity contribution in [3.63, 3.8) is 0 Å². The third-order valence-electron chi connectivity index (χ3n) is 3.33. The summed E-state index contributed by atoms with van der Waals surface area (Å²) in [6.07, 6.45) is 3.61. The van der Waals surface area contributed by atoms with E-state index < -0.39 is 18.0 Å². The number of carbonyl (C=O) groups excluding carboxylic acids is 2. The summed E-state index contributed by atoms with van der Waals surface area (Å²) in [7, 11) is 0. The maximum atomic E-state index is 12.2. The summed E-state index contributed by atoms with van der Waals surface area (Å²) in [4.78, 5) is 24.1. The first-order valence-electron chi connectivity index (χ1n) is 7.85. The van der Waals surface area contributed by atoms with Crippen LogP contribution in [0.5, 0.6) is 0 Å². The Labute approximate surface area is 155 Å². The average Bonchev–Trinajstić information content (AvgIpc) is 3.01. The Morgan fingerprint density at radius 2 is 2.04 bits per heavy atom. The molecule has 25 heavy (non-hydrogen) atoms. The normalized spacial score (nSPS) is 12.4. The fourth-order valence-electron chi connectivity index (χ4n) is 2.09. The number of halogens is 1. The van der Waals surface area contributed by atoms with Crippen LogP contribution >= 0.6 is 15.9 Å². The van der Waals surface area contributed by atoms with Gasteiger partial charge in [0.2, 0.25) is 0 Å². The van der Waals surface area contributed by atoms with Crippen molar-refractivity contribution < 1.29 is 14.3 Å². The highest BCUT2D eigenvalue weighted by atomic mass is 79.9. The number of benzene rings is 1. The summed E-state index contributed by atoms with van der Waals surface area (Å²) >= 11 is 3.36. The molecule has 1 atom stereocenters. The minimum Gasteiger partial charge on any atom is -0.449 e. The predicted octanol–water partition coefficient (Wildman–Crippen LogP) is 3.81. The molecular formula is C18H20BrN3O3. The number of hydrogen-bond acceptors (Lipinski definition) is 4. The number of nitrogens with zero attached hydrogens (tertiary/aromatic N) is 2. The first-order chi connectivity index (χ1) is 11.9. The number of ether oxygens (including phenoxy) is 1. The number of amides is 1. The van der Waals surface area contributed by atoms with Crippen molar-refractivity contribution in [2.24, 2.45) is 0 Å². The molecule has 2 rings (SSSR count). The third kappa shape index (κ3) is 5.56. The Balaban J connectivity index is 1.92. The van der Waals surface area contributed by atoms with Crippen molar-refractivity contribution in [1.82, 2.24) is 9.78 Å². The fraction of sp³-hybridized carbons (Fsp3) is 0.278. The fourth-order valence-corrected chi connectivity index (χ4v) is 2.51. The lowest BCUT2D eigenvalue weighted by atomic mass is 10.2. The number of aromatic nitrogens is 2. The van der Waals surface area contributed by atoms with Gasteiger partial charge in [-0.3, -0.25) is 4.79 Å². The highest BCUT2D eigenvalue weighted by Gasteiger charge is 2.18. The van der Waals surface area contributed by atoms with E-state index in [2.05, 4.69) is 26.3 Å². The van der Waals surface area contributed by atoms with Gasteiger partial charge in [-0.1, -0.05) is 28.1 Å². The quantitative estimate of drug-likeness (QED) is 0.585. The van der Waals surface area contributed by atoms with Crippen LogP contribution in [0, 0.1) is 0 Å². The van der Waals surface area contributed by atoms with Crippen molar-refractivity contribution in [2.45, 2.75) is 32.9 Å². The first-order valence-corrected chi connectivity index (χ1v) is 8.64. The molecule has 1 N–H and O–H groups in total. The predicted molar refractivity (Wildman–Crippen MR) is 100.0 cm³/mol. The molecule has 1 heterocycles. The molecule has 0 bridgehead atoms. The van der Waals surface area contributed by atoms with Crippen LogP contribution in [-0.2, 0) is 14.3 Å². The highest BCUT2D eigenvalue weighted by Crippen LogP contribution is 2.14. The van der Waals surface area contributed by atoms with Crippen molar-refractivity contribution in [1.29, 1.82) is 0 Å². The van der Waals surface area contributed by atoms with Crippen molar-refractivity contribution >= 4 is 39.7 Å². The van der Waals surface area contributed by atoms with Gasteiger partial charge in [-0.05, 0) is 44.5 Å². The van der Waals surface area contributed by atoms with E-state index in [4.69, 9.17) is 4.74 Å². The van der Waals surface area contributed by atoms with Crippen molar-refractivity contribution in [2.75, 3.05) is 5.32 Å². The number of hydrogen-bond donors (Lipinski definition) is 1. The van der Waals surface area contributed by atoms with Crippen LogP contribution in [0.15, 0.2) is 47.1 Å². The lowest BCUT2D eigenvalue weighted by Gasteiger charge is -2.15. The van der Waals surface area contributed by atoms with Crippen LogP contribution < -0.4 is 5.32 Å². The van der Waals surface area contributed by atoms with Crippen LogP contribution in [0.25, 0.3) is 6.08 Å². The van der Waals surface area contributed by atoms with Gasteiger partial charge in [0.05, 0.1) is 6.20 Å². The lowest BCUT2D eigenvalue weighted by Crippen LogP contribution is -2.30. The zero-order valence-corrected chi connectivity index (χ0v) is 15.9. The van der Waals surface area contributed by atoms with Crippen molar-refractivity contribution in [3.8, 4) is 0 Å². The second-order valence-electron chi connectivity index (χ2n) is 5.71. The molecular weight excluding hydrogens is 386 g/mol. The summed E-state index contributed by atoms with van der Waals surface area (Å²) < 4.78 is 7.73. The van der Waals surface area contributed by atoms with E-state index >= 15 is 0 Å². The summed E-state index contributed by atoms with van der Waals surface area (Å²) in [6, 6.07) is 9.29. The second-order valence-corrected chi connectivity index (χ2v) is 6.63. The van der Waals surface area contributed by atoms with E-state index in [0.717, 1.165) is 10.0 Å².